The van der Waals surface area contributed by atoms with Crippen molar-refractivity contribution in [1.29, 1.82) is 0 Å². The van der Waals surface area contributed by atoms with Crippen molar-refractivity contribution >= 4 is 29.2 Å². The summed E-state index contributed by atoms with van der Waals surface area (Å²) >= 11 is 0. The first-order valence-corrected chi connectivity index (χ1v) is 6.10. The number of carboxylic acids is 1. The summed E-state index contributed by atoms with van der Waals surface area (Å²) in [4.78, 5) is 35.6. The largest absolute Gasteiger partial charge is 0.478 e. The number of carbonyl (C=O) groups is 3. The van der Waals surface area contributed by atoms with Crippen molar-refractivity contribution in [2.24, 2.45) is 0 Å². The summed E-state index contributed by atoms with van der Waals surface area (Å²) in [5, 5.41) is 12.0. The van der Waals surface area contributed by atoms with Gasteiger partial charge in [0, 0.05) is 24.8 Å². The highest BCUT2D eigenvalue weighted by Gasteiger charge is 2.32. The minimum Gasteiger partial charge on any atom is -0.478 e. The van der Waals surface area contributed by atoms with Crippen LogP contribution in [0.3, 0.4) is 0 Å². The summed E-state index contributed by atoms with van der Waals surface area (Å²) in [5.41, 5.74) is 6.19. The number of amides is 2. The molecule has 0 bridgehead atoms. The Morgan fingerprint density at radius 1 is 1.45 bits per heavy atom. The highest BCUT2D eigenvalue weighted by Crippen LogP contribution is 2.23. The standard InChI is InChI=1S/C13H15N3O4/c1-16-11(17)5-4-10(12(16)18)15-9-3-2-7(14)6-8(9)13(19)20/h2-3,6,10,15H,4-5,14H2,1H3,(H,19,20). The van der Waals surface area contributed by atoms with Crippen LogP contribution in [0, 0.1) is 0 Å². The molecule has 1 aliphatic rings. The molecule has 0 aromatic heterocycles. The molecular weight excluding hydrogens is 262 g/mol. The summed E-state index contributed by atoms with van der Waals surface area (Å²) in [7, 11) is 1.42. The van der Waals surface area contributed by atoms with E-state index in [0.717, 1.165) is 4.90 Å². The van der Waals surface area contributed by atoms with Gasteiger partial charge in [-0.2, -0.15) is 0 Å². The van der Waals surface area contributed by atoms with Gasteiger partial charge in [0.25, 0.3) is 5.91 Å². The van der Waals surface area contributed by atoms with E-state index in [4.69, 9.17) is 10.8 Å². The number of likely N-dealkylation sites (tertiary alicyclic amines) is 1. The van der Waals surface area contributed by atoms with Crippen molar-refractivity contribution in [2.45, 2.75) is 18.9 Å². The fourth-order valence-corrected chi connectivity index (χ4v) is 2.10. The van der Waals surface area contributed by atoms with Crippen molar-refractivity contribution < 1.29 is 19.5 Å². The number of piperidine rings is 1. The Labute approximate surface area is 115 Å². The molecule has 7 heteroatoms. The van der Waals surface area contributed by atoms with Crippen molar-refractivity contribution in [3.8, 4) is 0 Å². The maximum absolute atomic E-state index is 12.0. The third-order valence-electron chi connectivity index (χ3n) is 3.25. The number of likely N-dealkylation sites (N-methyl/N-ethyl adjacent to an activating group) is 1. The molecule has 1 atom stereocenters. The SMILES string of the molecule is CN1C(=O)CCC(Nc2ccc(N)cc2C(=O)O)C1=O. The molecule has 4 N–H and O–H groups in total. The number of aromatic carboxylic acids is 1. The summed E-state index contributed by atoms with van der Waals surface area (Å²) in [5.74, 6) is -1.73. The van der Waals surface area contributed by atoms with Crippen LogP contribution < -0.4 is 11.1 Å². The van der Waals surface area contributed by atoms with Gasteiger partial charge in [0.05, 0.1) is 5.56 Å². The van der Waals surface area contributed by atoms with Crippen LogP contribution in [-0.4, -0.2) is 40.9 Å². The van der Waals surface area contributed by atoms with Crippen molar-refractivity contribution in [1.82, 2.24) is 4.90 Å². The van der Waals surface area contributed by atoms with Crippen molar-refractivity contribution in [2.75, 3.05) is 18.1 Å². The van der Waals surface area contributed by atoms with Crippen LogP contribution >= 0.6 is 0 Å². The molecule has 1 fully saturated rings. The normalized spacial score (nSPS) is 19.1. The number of nitrogen functional groups attached to an aromatic ring is 1. The van der Waals surface area contributed by atoms with Crippen LogP contribution in [0.4, 0.5) is 11.4 Å². The van der Waals surface area contributed by atoms with E-state index in [1.165, 1.54) is 19.2 Å². The van der Waals surface area contributed by atoms with E-state index in [1.54, 1.807) is 6.07 Å². The lowest BCUT2D eigenvalue weighted by Gasteiger charge is -2.29. The lowest BCUT2D eigenvalue weighted by molar-refractivity contribution is -0.146. The number of nitrogens with one attached hydrogen (secondary N) is 1. The number of carbonyl (C=O) groups excluding carboxylic acids is 2. The molecule has 20 heavy (non-hydrogen) atoms. The highest BCUT2D eigenvalue weighted by atomic mass is 16.4. The van der Waals surface area contributed by atoms with Gasteiger partial charge in [-0.05, 0) is 24.6 Å². The zero-order valence-electron chi connectivity index (χ0n) is 10.9. The lowest BCUT2D eigenvalue weighted by atomic mass is 10.0. The van der Waals surface area contributed by atoms with Gasteiger partial charge in [-0.25, -0.2) is 4.79 Å². The number of hydrogen-bond acceptors (Lipinski definition) is 5. The fourth-order valence-electron chi connectivity index (χ4n) is 2.10. The Kier molecular flexibility index (Phi) is 3.60. The van der Waals surface area contributed by atoms with Crippen molar-refractivity contribution in [3.05, 3.63) is 23.8 Å². The van der Waals surface area contributed by atoms with E-state index in [-0.39, 0.29) is 23.8 Å². The van der Waals surface area contributed by atoms with Crippen LogP contribution in [0.25, 0.3) is 0 Å². The zero-order chi connectivity index (χ0) is 14.9. The predicted octanol–water partition coefficient (Wildman–Crippen LogP) is 0.526. The Bertz CT molecular complexity index is 585. The number of nitrogens with zero attached hydrogens (tertiary/aromatic N) is 1. The van der Waals surface area contributed by atoms with Gasteiger partial charge in [0.1, 0.15) is 6.04 Å². The van der Waals surface area contributed by atoms with Crippen LogP contribution in [0.15, 0.2) is 18.2 Å². The number of imide groups is 1. The molecule has 0 radical (unpaired) electrons. The molecule has 1 heterocycles. The first-order chi connectivity index (χ1) is 9.40. The second kappa shape index (κ2) is 5.20. The van der Waals surface area contributed by atoms with E-state index >= 15 is 0 Å². The second-order valence-electron chi connectivity index (χ2n) is 4.64. The summed E-state index contributed by atoms with van der Waals surface area (Å²) < 4.78 is 0. The monoisotopic (exact) mass is 277 g/mol. The topological polar surface area (TPSA) is 113 Å². The van der Waals surface area contributed by atoms with Gasteiger partial charge in [0.15, 0.2) is 0 Å². The minimum atomic E-state index is -1.13. The second-order valence-corrected chi connectivity index (χ2v) is 4.64. The molecule has 2 amide bonds. The minimum absolute atomic E-state index is 0.00245. The third kappa shape index (κ3) is 2.56. The molecule has 106 valence electrons. The molecule has 0 spiro atoms. The summed E-state index contributed by atoms with van der Waals surface area (Å²) in [6.07, 6.45) is 0.586. The Morgan fingerprint density at radius 2 is 2.15 bits per heavy atom. The molecular formula is C13H15N3O4. The smallest absolute Gasteiger partial charge is 0.337 e. The number of nitrogens with two attached hydrogens (primary N) is 1. The lowest BCUT2D eigenvalue weighted by Crippen LogP contribution is -2.48. The van der Waals surface area contributed by atoms with E-state index in [2.05, 4.69) is 5.32 Å². The van der Waals surface area contributed by atoms with Gasteiger partial charge < -0.3 is 16.2 Å². The highest BCUT2D eigenvalue weighted by molar-refractivity contribution is 6.02. The molecule has 1 saturated heterocycles. The number of benzene rings is 1. The average molecular weight is 277 g/mol. The van der Waals surface area contributed by atoms with Gasteiger partial charge >= 0.3 is 5.97 Å². The Hall–Kier alpha value is -2.57. The quantitative estimate of drug-likeness (QED) is 0.548. The van der Waals surface area contributed by atoms with Gasteiger partial charge in [-0.1, -0.05) is 0 Å². The molecule has 0 aliphatic carbocycles. The Morgan fingerprint density at radius 3 is 2.80 bits per heavy atom. The van der Waals surface area contributed by atoms with E-state index in [1.807, 2.05) is 0 Å². The molecule has 2 rings (SSSR count). The summed E-state index contributed by atoms with van der Waals surface area (Å²) in [6, 6.07) is 3.78. The van der Waals surface area contributed by atoms with Crippen LogP contribution in [0.5, 0.6) is 0 Å². The molecule has 0 saturated carbocycles. The molecule has 7 nitrogen and oxygen atoms in total. The molecule has 1 unspecified atom stereocenters. The van der Waals surface area contributed by atoms with E-state index in [0.29, 0.717) is 17.8 Å². The summed E-state index contributed by atoms with van der Waals surface area (Å²) in [6.45, 7) is 0. The van der Waals surface area contributed by atoms with Crippen LogP contribution in [0.2, 0.25) is 0 Å². The average Bonchev–Trinajstić information content (AvgIpc) is 2.41. The van der Waals surface area contributed by atoms with Crippen LogP contribution in [-0.2, 0) is 9.59 Å². The van der Waals surface area contributed by atoms with E-state index < -0.39 is 12.0 Å². The van der Waals surface area contributed by atoms with Gasteiger partial charge in [-0.3, -0.25) is 14.5 Å². The first-order valence-electron chi connectivity index (χ1n) is 6.10. The number of carboxylic acid groups (broad SMARTS) is 1. The number of anilines is 2. The van der Waals surface area contributed by atoms with E-state index in [9.17, 15) is 14.4 Å². The molecule has 1 aromatic carbocycles. The maximum atomic E-state index is 12.0. The molecule has 1 aromatic rings. The number of rotatable bonds is 3. The van der Waals surface area contributed by atoms with Crippen molar-refractivity contribution in [3.63, 3.8) is 0 Å². The third-order valence-corrected chi connectivity index (χ3v) is 3.25. The van der Waals surface area contributed by atoms with Gasteiger partial charge in [-0.15, -0.1) is 0 Å². The zero-order valence-corrected chi connectivity index (χ0v) is 10.9. The van der Waals surface area contributed by atoms with Crippen LogP contribution in [0.1, 0.15) is 23.2 Å². The Balaban J connectivity index is 2.24. The van der Waals surface area contributed by atoms with Gasteiger partial charge in [0.2, 0.25) is 5.91 Å². The predicted molar refractivity (Wildman–Crippen MR) is 72.2 cm³/mol. The fraction of sp³-hybridized carbons (Fsp3) is 0.308. The number of hydrogen-bond donors (Lipinski definition) is 3. The molecule has 1 aliphatic heterocycles. The first kappa shape index (κ1) is 13.9. The maximum Gasteiger partial charge on any atom is 0.337 e.